The van der Waals surface area contributed by atoms with Gasteiger partial charge in [0, 0.05) is 12.2 Å². The van der Waals surface area contributed by atoms with Gasteiger partial charge in [-0.25, -0.2) is 0 Å². The molecular weight excluding hydrogens is 238 g/mol. The van der Waals surface area contributed by atoms with E-state index in [4.69, 9.17) is 0 Å². The third-order valence-electron chi connectivity index (χ3n) is 4.09. The number of nitrogens with one attached hydrogen (secondary N) is 1. The molecule has 0 spiro atoms. The van der Waals surface area contributed by atoms with Gasteiger partial charge < -0.3 is 5.32 Å². The van der Waals surface area contributed by atoms with E-state index in [1.807, 2.05) is 10.9 Å². The van der Waals surface area contributed by atoms with Crippen LogP contribution < -0.4 is 5.32 Å². The summed E-state index contributed by atoms with van der Waals surface area (Å²) in [5.74, 6) is 1.50. The Morgan fingerprint density at radius 3 is 2.32 bits per heavy atom. The number of hydrogen-bond donors (Lipinski definition) is 1. The van der Waals surface area contributed by atoms with Crippen molar-refractivity contribution in [3.05, 3.63) is 18.0 Å². The molecule has 1 heterocycles. The van der Waals surface area contributed by atoms with Gasteiger partial charge in [0.1, 0.15) is 0 Å². The molecule has 104 valence electrons. The van der Waals surface area contributed by atoms with Gasteiger partial charge in [-0.05, 0) is 58.3 Å². The van der Waals surface area contributed by atoms with Gasteiger partial charge in [0.15, 0.2) is 0 Å². The highest BCUT2D eigenvalue weighted by atomic mass is 16.1. The fourth-order valence-corrected chi connectivity index (χ4v) is 2.57. The van der Waals surface area contributed by atoms with E-state index < -0.39 is 0 Å². The van der Waals surface area contributed by atoms with E-state index in [1.54, 1.807) is 6.20 Å². The average Bonchev–Trinajstić information content (AvgIpc) is 3.23. The van der Waals surface area contributed by atoms with Gasteiger partial charge in [-0.2, -0.15) is 5.10 Å². The summed E-state index contributed by atoms with van der Waals surface area (Å²) in [6, 6.07) is 0.408. The minimum Gasteiger partial charge on any atom is -0.349 e. The van der Waals surface area contributed by atoms with Crippen molar-refractivity contribution in [3.63, 3.8) is 0 Å². The molecule has 2 aliphatic rings. The van der Waals surface area contributed by atoms with E-state index in [1.165, 1.54) is 25.7 Å². The van der Waals surface area contributed by atoms with E-state index in [0.29, 0.717) is 11.6 Å². The maximum Gasteiger partial charge on any atom is 0.254 e. The molecule has 4 heteroatoms. The lowest BCUT2D eigenvalue weighted by Crippen LogP contribution is -2.38. The second-order valence-corrected chi connectivity index (χ2v) is 7.02. The van der Waals surface area contributed by atoms with Crippen LogP contribution in [0.3, 0.4) is 0 Å². The Balaban J connectivity index is 1.67. The molecule has 1 N–H and O–H groups in total. The lowest BCUT2D eigenvalue weighted by Gasteiger charge is -2.19. The zero-order valence-corrected chi connectivity index (χ0v) is 12.0. The second kappa shape index (κ2) is 4.36. The van der Waals surface area contributed by atoms with Crippen molar-refractivity contribution < 1.29 is 4.79 Å². The van der Waals surface area contributed by atoms with Crippen LogP contribution in [0.15, 0.2) is 12.4 Å². The van der Waals surface area contributed by atoms with Crippen LogP contribution in [0.25, 0.3) is 0 Å². The molecular formula is C15H23N3O. The van der Waals surface area contributed by atoms with Gasteiger partial charge in [-0.3, -0.25) is 9.48 Å². The summed E-state index contributed by atoms with van der Waals surface area (Å²) in [6.07, 6.45) is 8.65. The first-order chi connectivity index (χ1) is 8.95. The topological polar surface area (TPSA) is 46.9 Å². The summed E-state index contributed by atoms with van der Waals surface area (Å²) >= 11 is 0. The highest BCUT2D eigenvalue weighted by Crippen LogP contribution is 2.44. The quantitative estimate of drug-likeness (QED) is 0.905. The largest absolute Gasteiger partial charge is 0.349 e. The van der Waals surface area contributed by atoms with Gasteiger partial charge >= 0.3 is 0 Å². The number of rotatable bonds is 4. The normalized spacial score (nSPS) is 19.8. The second-order valence-electron chi connectivity index (χ2n) is 7.02. The highest BCUT2D eigenvalue weighted by Gasteiger charge is 2.42. The predicted octanol–water partition coefficient (Wildman–Crippen LogP) is 2.56. The molecule has 0 unspecified atom stereocenters. The van der Waals surface area contributed by atoms with Crippen LogP contribution in [0.5, 0.6) is 0 Å². The number of aromatic nitrogens is 2. The molecule has 0 radical (unpaired) electrons. The van der Waals surface area contributed by atoms with Crippen molar-refractivity contribution in [2.24, 2.45) is 11.8 Å². The molecule has 0 saturated heterocycles. The Bertz CT molecular complexity index is 466. The zero-order chi connectivity index (χ0) is 13.6. The van der Waals surface area contributed by atoms with Crippen molar-refractivity contribution in [2.75, 3.05) is 0 Å². The molecule has 0 atom stereocenters. The lowest BCUT2D eigenvalue weighted by molar-refractivity contribution is 0.0926. The Hall–Kier alpha value is -1.32. The van der Waals surface area contributed by atoms with Crippen molar-refractivity contribution in [2.45, 2.75) is 58.0 Å². The van der Waals surface area contributed by atoms with Gasteiger partial charge in [0.25, 0.3) is 5.91 Å². The number of hydrogen-bond acceptors (Lipinski definition) is 2. The van der Waals surface area contributed by atoms with Crippen molar-refractivity contribution >= 4 is 5.91 Å². The maximum absolute atomic E-state index is 12.3. The van der Waals surface area contributed by atoms with E-state index in [9.17, 15) is 4.79 Å². The third-order valence-corrected chi connectivity index (χ3v) is 4.09. The zero-order valence-electron chi connectivity index (χ0n) is 12.0. The van der Waals surface area contributed by atoms with Gasteiger partial charge in [-0.1, -0.05) is 0 Å². The monoisotopic (exact) mass is 261 g/mol. The SMILES string of the molecule is CC(C)(C)n1cc(C(=O)NC(C2CC2)C2CC2)cn1. The summed E-state index contributed by atoms with van der Waals surface area (Å²) in [4.78, 5) is 12.3. The summed E-state index contributed by atoms with van der Waals surface area (Å²) < 4.78 is 1.85. The van der Waals surface area contributed by atoms with Crippen LogP contribution >= 0.6 is 0 Å². The molecule has 19 heavy (non-hydrogen) atoms. The molecule has 1 aromatic heterocycles. The van der Waals surface area contributed by atoms with Gasteiger partial charge in [0.2, 0.25) is 0 Å². The smallest absolute Gasteiger partial charge is 0.254 e. The molecule has 3 rings (SSSR count). The minimum absolute atomic E-state index is 0.0410. The van der Waals surface area contributed by atoms with Crippen LogP contribution in [0.1, 0.15) is 56.8 Å². The van der Waals surface area contributed by atoms with Crippen molar-refractivity contribution in [1.29, 1.82) is 0 Å². The van der Waals surface area contributed by atoms with E-state index >= 15 is 0 Å². The van der Waals surface area contributed by atoms with Crippen LogP contribution in [0, 0.1) is 11.8 Å². The minimum atomic E-state index is -0.0785. The van der Waals surface area contributed by atoms with Crippen molar-refractivity contribution in [3.8, 4) is 0 Å². The van der Waals surface area contributed by atoms with Crippen molar-refractivity contribution in [1.82, 2.24) is 15.1 Å². The number of carbonyl (C=O) groups is 1. The fourth-order valence-electron chi connectivity index (χ4n) is 2.57. The standard InChI is InChI=1S/C15H23N3O/c1-15(2,3)18-9-12(8-16-18)14(19)17-13(10-4-5-10)11-6-7-11/h8-11,13H,4-7H2,1-3H3,(H,17,19). The molecule has 1 amide bonds. The molecule has 2 fully saturated rings. The first kappa shape index (κ1) is 12.7. The maximum atomic E-state index is 12.3. The van der Waals surface area contributed by atoms with Crippen LogP contribution in [-0.2, 0) is 5.54 Å². The number of amides is 1. The fraction of sp³-hybridized carbons (Fsp3) is 0.733. The third kappa shape index (κ3) is 2.82. The van der Waals surface area contributed by atoms with Crippen LogP contribution in [-0.4, -0.2) is 21.7 Å². The van der Waals surface area contributed by atoms with E-state index in [2.05, 4.69) is 31.2 Å². The molecule has 1 aromatic rings. The van der Waals surface area contributed by atoms with Gasteiger partial charge in [-0.15, -0.1) is 0 Å². The first-order valence-electron chi connectivity index (χ1n) is 7.31. The van der Waals surface area contributed by atoms with Crippen LogP contribution in [0.4, 0.5) is 0 Å². The lowest BCUT2D eigenvalue weighted by atomic mass is 10.1. The Labute approximate surface area is 114 Å². The van der Waals surface area contributed by atoms with Gasteiger partial charge in [0.05, 0.1) is 17.3 Å². The molecule has 0 aliphatic heterocycles. The molecule has 4 nitrogen and oxygen atoms in total. The Kier molecular flexibility index (Phi) is 2.91. The average molecular weight is 261 g/mol. The Morgan fingerprint density at radius 1 is 1.32 bits per heavy atom. The first-order valence-corrected chi connectivity index (χ1v) is 7.31. The highest BCUT2D eigenvalue weighted by molar-refractivity contribution is 5.94. The van der Waals surface area contributed by atoms with E-state index in [0.717, 1.165) is 11.8 Å². The summed E-state index contributed by atoms with van der Waals surface area (Å²) in [5, 5.41) is 7.52. The molecule has 2 aliphatic carbocycles. The summed E-state index contributed by atoms with van der Waals surface area (Å²) in [5.41, 5.74) is 0.603. The molecule has 2 saturated carbocycles. The predicted molar refractivity (Wildman–Crippen MR) is 73.9 cm³/mol. The summed E-state index contributed by atoms with van der Waals surface area (Å²) in [6.45, 7) is 6.25. The summed E-state index contributed by atoms with van der Waals surface area (Å²) in [7, 11) is 0. The van der Waals surface area contributed by atoms with E-state index in [-0.39, 0.29) is 11.4 Å². The number of nitrogens with zero attached hydrogens (tertiary/aromatic N) is 2. The molecule has 0 aromatic carbocycles. The molecule has 0 bridgehead atoms. The van der Waals surface area contributed by atoms with Crippen LogP contribution in [0.2, 0.25) is 0 Å². The number of carbonyl (C=O) groups excluding carboxylic acids is 1. The Morgan fingerprint density at radius 2 is 1.89 bits per heavy atom.